The summed E-state index contributed by atoms with van der Waals surface area (Å²) in [7, 11) is 0. The molecule has 0 amide bonds. The van der Waals surface area contributed by atoms with Gasteiger partial charge in [-0.3, -0.25) is 14.4 Å². The first-order valence-electron chi connectivity index (χ1n) is 21.2. The lowest BCUT2D eigenvalue weighted by Gasteiger charge is -2.18. The Morgan fingerprint density at radius 1 is 0.375 bits per heavy atom. The Morgan fingerprint density at radius 3 is 1.32 bits per heavy atom. The number of unbranched alkanes of at least 4 members (excludes halogenated alkanes) is 5. The minimum Gasteiger partial charge on any atom is -0.462 e. The molecular formula is C50H74O6. The van der Waals surface area contributed by atoms with E-state index in [1.165, 1.54) is 0 Å². The lowest BCUT2D eigenvalue weighted by Crippen LogP contribution is -2.30. The van der Waals surface area contributed by atoms with Gasteiger partial charge in [-0.15, -0.1) is 0 Å². The van der Waals surface area contributed by atoms with E-state index in [1.54, 1.807) is 0 Å². The van der Waals surface area contributed by atoms with Gasteiger partial charge in [-0.25, -0.2) is 0 Å². The third-order valence-electron chi connectivity index (χ3n) is 7.99. The van der Waals surface area contributed by atoms with Crippen molar-refractivity contribution >= 4 is 17.9 Å². The van der Waals surface area contributed by atoms with E-state index >= 15 is 0 Å². The van der Waals surface area contributed by atoms with Crippen molar-refractivity contribution in [2.75, 3.05) is 13.2 Å². The number of rotatable bonds is 35. The van der Waals surface area contributed by atoms with Crippen LogP contribution in [-0.4, -0.2) is 37.2 Å². The molecule has 0 aromatic carbocycles. The number of esters is 3. The van der Waals surface area contributed by atoms with Crippen LogP contribution < -0.4 is 0 Å². The van der Waals surface area contributed by atoms with Gasteiger partial charge in [-0.05, 0) is 96.3 Å². The Balaban J connectivity index is 4.62. The second kappa shape index (κ2) is 43.3. The first kappa shape index (κ1) is 51.5. The molecule has 0 fully saturated rings. The molecule has 0 saturated carbocycles. The van der Waals surface area contributed by atoms with Gasteiger partial charge in [0, 0.05) is 19.3 Å². The highest BCUT2D eigenvalue weighted by Gasteiger charge is 2.19. The molecule has 1 unspecified atom stereocenters. The Hall–Kier alpha value is -4.45. The van der Waals surface area contributed by atoms with Crippen molar-refractivity contribution in [3.05, 3.63) is 134 Å². The molecule has 1 atom stereocenters. The number of carbonyl (C=O) groups is 3. The number of ether oxygens (including phenoxy) is 3. The average Bonchev–Trinajstić information content (AvgIpc) is 3.19. The predicted octanol–water partition coefficient (Wildman–Crippen LogP) is 13.6. The third-order valence-corrected chi connectivity index (χ3v) is 7.99. The molecule has 6 nitrogen and oxygen atoms in total. The van der Waals surface area contributed by atoms with Crippen molar-refractivity contribution in [2.45, 2.75) is 149 Å². The van der Waals surface area contributed by atoms with E-state index in [0.717, 1.165) is 83.5 Å². The Kier molecular flexibility index (Phi) is 39.8. The fourth-order valence-corrected chi connectivity index (χ4v) is 4.89. The van der Waals surface area contributed by atoms with E-state index in [9.17, 15) is 14.4 Å². The van der Waals surface area contributed by atoms with Gasteiger partial charge in [0.2, 0.25) is 0 Å². The van der Waals surface area contributed by atoms with Crippen LogP contribution in [0.2, 0.25) is 0 Å². The summed E-state index contributed by atoms with van der Waals surface area (Å²) < 4.78 is 16.5. The minimum absolute atomic E-state index is 0.140. The number of hydrogen-bond donors (Lipinski definition) is 0. The van der Waals surface area contributed by atoms with Gasteiger partial charge in [-0.1, -0.05) is 161 Å². The fourth-order valence-electron chi connectivity index (χ4n) is 4.89. The summed E-state index contributed by atoms with van der Waals surface area (Å²) in [5, 5.41) is 0. The van der Waals surface area contributed by atoms with E-state index in [2.05, 4.69) is 106 Å². The number of carbonyl (C=O) groups excluding carboxylic acids is 3. The van der Waals surface area contributed by atoms with Crippen LogP contribution >= 0.6 is 0 Å². The minimum atomic E-state index is -0.843. The molecule has 0 aliphatic carbocycles. The summed E-state index contributed by atoms with van der Waals surface area (Å²) in [5.74, 6) is -1.12. The van der Waals surface area contributed by atoms with E-state index < -0.39 is 6.10 Å². The summed E-state index contributed by atoms with van der Waals surface area (Å²) in [5.41, 5.74) is 0. The van der Waals surface area contributed by atoms with Crippen molar-refractivity contribution in [1.29, 1.82) is 0 Å². The van der Waals surface area contributed by atoms with Crippen molar-refractivity contribution < 1.29 is 28.6 Å². The lowest BCUT2D eigenvalue weighted by atomic mass is 10.1. The van der Waals surface area contributed by atoms with Crippen LogP contribution in [-0.2, 0) is 28.6 Å². The Bertz CT molecular complexity index is 1300. The highest BCUT2D eigenvalue weighted by atomic mass is 16.6. The monoisotopic (exact) mass is 771 g/mol. The quantitative estimate of drug-likeness (QED) is 0.0210. The lowest BCUT2D eigenvalue weighted by molar-refractivity contribution is -0.166. The molecular weight excluding hydrogens is 697 g/mol. The predicted molar refractivity (Wildman–Crippen MR) is 237 cm³/mol. The van der Waals surface area contributed by atoms with Crippen LogP contribution in [0.5, 0.6) is 0 Å². The van der Waals surface area contributed by atoms with Crippen LogP contribution in [0.15, 0.2) is 134 Å². The van der Waals surface area contributed by atoms with E-state index in [0.29, 0.717) is 19.3 Å². The molecule has 0 saturated heterocycles. The number of allylic oxidation sites excluding steroid dienone is 22. The largest absolute Gasteiger partial charge is 0.462 e. The molecule has 310 valence electrons. The third kappa shape index (κ3) is 40.7. The highest BCUT2D eigenvalue weighted by molar-refractivity contribution is 5.71. The standard InChI is InChI=1S/C50H74O6/c1-4-7-10-13-16-19-21-23-24-25-27-28-31-34-37-40-43-49(52)55-46-47(45-54-48(51)42-39-36-33-30-18-15-12-9-6-3)56-50(53)44-41-38-35-32-29-26-22-20-17-14-11-8-5-2/h7-12,14,16-20,22-24,26-30,34,37,47H,4-6,13,15,21,25,31-33,35-36,38-46H2,1-3H3/b10-7-,11-8-,12-9-,17-14-,19-16-,22-20-,24-23-,28-27-,29-26-,30-18-,37-34-. The maximum absolute atomic E-state index is 12.7. The van der Waals surface area contributed by atoms with Crippen LogP contribution in [0.3, 0.4) is 0 Å². The van der Waals surface area contributed by atoms with Crippen LogP contribution in [0.4, 0.5) is 0 Å². The molecule has 0 spiro atoms. The molecule has 0 aromatic rings. The maximum Gasteiger partial charge on any atom is 0.306 e. The van der Waals surface area contributed by atoms with Crippen LogP contribution in [0, 0.1) is 0 Å². The molecule has 56 heavy (non-hydrogen) atoms. The maximum atomic E-state index is 12.7. The molecule has 0 radical (unpaired) electrons. The van der Waals surface area contributed by atoms with Gasteiger partial charge in [0.05, 0.1) is 0 Å². The summed E-state index contributed by atoms with van der Waals surface area (Å²) in [4.78, 5) is 37.6. The first-order chi connectivity index (χ1) is 27.5. The summed E-state index contributed by atoms with van der Waals surface area (Å²) in [6.07, 6.45) is 60.3. The summed E-state index contributed by atoms with van der Waals surface area (Å²) in [6, 6.07) is 0. The Labute approximate surface area is 341 Å². The second-order valence-electron chi connectivity index (χ2n) is 13.2. The smallest absolute Gasteiger partial charge is 0.306 e. The van der Waals surface area contributed by atoms with Crippen LogP contribution in [0.25, 0.3) is 0 Å². The van der Waals surface area contributed by atoms with Gasteiger partial charge in [0.1, 0.15) is 13.2 Å². The van der Waals surface area contributed by atoms with E-state index in [1.807, 2.05) is 48.6 Å². The zero-order valence-electron chi connectivity index (χ0n) is 35.1. The summed E-state index contributed by atoms with van der Waals surface area (Å²) >= 11 is 0. The van der Waals surface area contributed by atoms with Crippen molar-refractivity contribution in [2.24, 2.45) is 0 Å². The van der Waals surface area contributed by atoms with E-state index in [-0.39, 0.29) is 50.4 Å². The SMILES string of the molecule is CC\C=C/C=C\C=C/C=C\CCCCCC(=O)OC(COC(=O)CC/C=C\C/C=C\C/C=C\C/C=C\C/C=C\CC)COC(=O)CCCC/C=C\C/C=C\CC. The zero-order valence-corrected chi connectivity index (χ0v) is 35.1. The molecule has 6 heteroatoms. The van der Waals surface area contributed by atoms with Crippen molar-refractivity contribution in [3.63, 3.8) is 0 Å². The van der Waals surface area contributed by atoms with Gasteiger partial charge < -0.3 is 14.2 Å². The van der Waals surface area contributed by atoms with Crippen molar-refractivity contribution in [1.82, 2.24) is 0 Å². The fraction of sp³-hybridized carbons (Fsp3) is 0.500. The zero-order chi connectivity index (χ0) is 40.8. The molecule has 0 bridgehead atoms. The molecule has 0 aliphatic rings. The molecule has 0 aromatic heterocycles. The van der Waals surface area contributed by atoms with Crippen molar-refractivity contribution in [3.8, 4) is 0 Å². The highest BCUT2D eigenvalue weighted by Crippen LogP contribution is 2.09. The van der Waals surface area contributed by atoms with Gasteiger partial charge in [-0.2, -0.15) is 0 Å². The molecule has 0 heterocycles. The molecule has 0 N–H and O–H groups in total. The molecule has 0 aliphatic heterocycles. The van der Waals surface area contributed by atoms with Crippen LogP contribution in [0.1, 0.15) is 143 Å². The van der Waals surface area contributed by atoms with E-state index in [4.69, 9.17) is 14.2 Å². The van der Waals surface area contributed by atoms with Gasteiger partial charge >= 0.3 is 17.9 Å². The van der Waals surface area contributed by atoms with Gasteiger partial charge in [0.15, 0.2) is 6.10 Å². The molecule has 0 rings (SSSR count). The topological polar surface area (TPSA) is 78.9 Å². The van der Waals surface area contributed by atoms with Gasteiger partial charge in [0.25, 0.3) is 0 Å². The second-order valence-corrected chi connectivity index (χ2v) is 13.2. The number of hydrogen-bond acceptors (Lipinski definition) is 6. The normalized spacial score (nSPS) is 13.4. The first-order valence-corrected chi connectivity index (χ1v) is 21.2. The Morgan fingerprint density at radius 2 is 0.768 bits per heavy atom. The average molecular weight is 771 g/mol. The summed E-state index contributed by atoms with van der Waals surface area (Å²) in [6.45, 7) is 6.07.